The molecule has 66 heavy (non-hydrogen) atoms. The van der Waals surface area contributed by atoms with Crippen molar-refractivity contribution in [2.45, 2.75) is 0 Å². The highest BCUT2D eigenvalue weighted by Crippen LogP contribution is 2.50. The van der Waals surface area contributed by atoms with Crippen molar-refractivity contribution < 1.29 is 0 Å². The van der Waals surface area contributed by atoms with Gasteiger partial charge in [0.15, 0.2) is 0 Å². The van der Waals surface area contributed by atoms with Crippen LogP contribution in [0.4, 0.5) is 0 Å². The van der Waals surface area contributed by atoms with Gasteiger partial charge in [0.25, 0.3) is 0 Å². The van der Waals surface area contributed by atoms with Crippen molar-refractivity contribution >= 4 is 96.4 Å². The van der Waals surface area contributed by atoms with Crippen LogP contribution < -0.4 is 0 Å². The molecule has 2 aromatic heterocycles. The van der Waals surface area contributed by atoms with Gasteiger partial charge >= 0.3 is 0 Å². The van der Waals surface area contributed by atoms with Crippen molar-refractivity contribution in [1.29, 1.82) is 0 Å². The standard InChI is InChI=1S/C64H39NS/c1-3-18-40(19-4-1)60-47-23-7-9-25-49(47)62(50-26-10-8-24-48(50)60)42-35-37-46-55-31-17-32-56(64(55)66-59(46)39-42)63-53-29-13-11-27-51(53)61(52-28-12-14-30-54(52)63)41-34-36-45-44-22-15-16-33-57(44)65(58(45)38-41)43-20-5-2-6-21-43/h1-39H. The van der Waals surface area contributed by atoms with Crippen LogP contribution >= 0.6 is 11.3 Å². The Morgan fingerprint density at radius 1 is 0.258 bits per heavy atom. The van der Waals surface area contributed by atoms with Crippen LogP contribution in [0, 0.1) is 0 Å². The van der Waals surface area contributed by atoms with E-state index in [1.165, 1.54) is 130 Å². The van der Waals surface area contributed by atoms with Crippen LogP contribution in [0.5, 0.6) is 0 Å². The van der Waals surface area contributed by atoms with Gasteiger partial charge in [0, 0.05) is 42.2 Å². The molecule has 0 unspecified atom stereocenters. The molecule has 0 aliphatic rings. The van der Waals surface area contributed by atoms with E-state index in [2.05, 4.69) is 241 Å². The summed E-state index contributed by atoms with van der Waals surface area (Å²) >= 11 is 1.92. The van der Waals surface area contributed by atoms with Gasteiger partial charge in [-0.05, 0) is 112 Å². The second-order valence-corrected chi connectivity index (χ2v) is 18.5. The lowest BCUT2D eigenvalue weighted by Gasteiger charge is -2.18. The molecule has 14 aromatic rings. The molecule has 0 radical (unpaired) electrons. The lowest BCUT2D eigenvalue weighted by Crippen LogP contribution is -1.94. The van der Waals surface area contributed by atoms with E-state index in [9.17, 15) is 0 Å². The Labute approximate surface area is 385 Å². The lowest BCUT2D eigenvalue weighted by atomic mass is 9.85. The lowest BCUT2D eigenvalue weighted by molar-refractivity contribution is 1.18. The average Bonchev–Trinajstić information content (AvgIpc) is 3.93. The van der Waals surface area contributed by atoms with E-state index < -0.39 is 0 Å². The van der Waals surface area contributed by atoms with Crippen molar-refractivity contribution in [3.63, 3.8) is 0 Å². The fourth-order valence-corrected chi connectivity index (χ4v) is 12.5. The second-order valence-electron chi connectivity index (χ2n) is 17.5. The first kappa shape index (κ1) is 37.1. The Morgan fingerprint density at radius 2 is 0.682 bits per heavy atom. The van der Waals surface area contributed by atoms with Crippen molar-refractivity contribution in [2.24, 2.45) is 0 Å². The number of nitrogens with zero attached hydrogens (tertiary/aromatic N) is 1. The van der Waals surface area contributed by atoms with E-state index >= 15 is 0 Å². The van der Waals surface area contributed by atoms with Crippen LogP contribution in [0.1, 0.15) is 0 Å². The molecule has 0 saturated carbocycles. The van der Waals surface area contributed by atoms with Crippen molar-refractivity contribution in [1.82, 2.24) is 4.57 Å². The van der Waals surface area contributed by atoms with E-state index in [0.717, 1.165) is 5.69 Å². The minimum atomic E-state index is 1.16. The van der Waals surface area contributed by atoms with Crippen LogP contribution in [0.3, 0.4) is 0 Å². The van der Waals surface area contributed by atoms with Crippen LogP contribution in [0.25, 0.3) is 135 Å². The van der Waals surface area contributed by atoms with Gasteiger partial charge in [-0.1, -0.05) is 206 Å². The third-order valence-corrected chi connectivity index (χ3v) is 15.2. The largest absolute Gasteiger partial charge is 0.309 e. The number of hydrogen-bond acceptors (Lipinski definition) is 1. The van der Waals surface area contributed by atoms with Crippen LogP contribution in [0.15, 0.2) is 237 Å². The SMILES string of the molecule is c1ccc(-c2c3ccccc3c(-c3ccc4c(c3)sc3c(-c5c6ccccc6c(-c6ccc7c8ccccc8n(-c8ccccc8)c7c6)c6ccccc56)cccc34)c3ccccc23)cc1. The highest BCUT2D eigenvalue weighted by atomic mass is 32.1. The third-order valence-electron chi connectivity index (χ3n) is 14.0. The normalized spacial score (nSPS) is 11.9. The number of benzene rings is 12. The molecule has 0 aliphatic heterocycles. The molecule has 0 spiro atoms. The molecule has 0 bridgehead atoms. The highest BCUT2D eigenvalue weighted by Gasteiger charge is 2.22. The van der Waals surface area contributed by atoms with E-state index in [1.54, 1.807) is 0 Å². The van der Waals surface area contributed by atoms with Gasteiger partial charge in [-0.25, -0.2) is 0 Å². The topological polar surface area (TPSA) is 4.93 Å². The molecule has 0 amide bonds. The molecule has 12 aromatic carbocycles. The number of fused-ring (bicyclic) bond motifs is 10. The second kappa shape index (κ2) is 14.6. The Bertz CT molecular complexity index is 4160. The summed E-state index contributed by atoms with van der Waals surface area (Å²) in [5, 5.41) is 15.2. The summed E-state index contributed by atoms with van der Waals surface area (Å²) in [6.45, 7) is 0. The maximum Gasteiger partial charge on any atom is 0.0547 e. The predicted octanol–water partition coefficient (Wildman–Crippen LogP) is 18.4. The van der Waals surface area contributed by atoms with Gasteiger partial charge in [-0.3, -0.25) is 0 Å². The summed E-state index contributed by atoms with van der Waals surface area (Å²) in [5.41, 5.74) is 13.7. The van der Waals surface area contributed by atoms with Crippen LogP contribution in [0.2, 0.25) is 0 Å². The minimum Gasteiger partial charge on any atom is -0.309 e. The predicted molar refractivity (Wildman–Crippen MR) is 285 cm³/mol. The Balaban J connectivity index is 0.988. The fourth-order valence-electron chi connectivity index (χ4n) is 11.2. The number of hydrogen-bond donors (Lipinski definition) is 0. The molecule has 0 N–H and O–H groups in total. The molecular formula is C64H39NS. The first-order chi connectivity index (χ1) is 32.8. The molecule has 2 heteroatoms. The highest BCUT2D eigenvalue weighted by molar-refractivity contribution is 7.26. The summed E-state index contributed by atoms with van der Waals surface area (Å²) < 4.78 is 5.03. The molecule has 0 aliphatic carbocycles. The van der Waals surface area contributed by atoms with E-state index in [1.807, 2.05) is 11.3 Å². The Hall–Kier alpha value is -8.30. The minimum absolute atomic E-state index is 1.16. The summed E-state index contributed by atoms with van der Waals surface area (Å²) in [7, 11) is 0. The van der Waals surface area contributed by atoms with Gasteiger partial charge in [0.2, 0.25) is 0 Å². The van der Waals surface area contributed by atoms with Crippen LogP contribution in [-0.2, 0) is 0 Å². The zero-order chi connectivity index (χ0) is 43.3. The summed E-state index contributed by atoms with van der Waals surface area (Å²) in [5.74, 6) is 0. The van der Waals surface area contributed by atoms with Crippen LogP contribution in [-0.4, -0.2) is 4.57 Å². The third kappa shape index (κ3) is 5.46. The fraction of sp³-hybridized carbons (Fsp3) is 0. The molecule has 306 valence electrons. The zero-order valence-electron chi connectivity index (χ0n) is 35.9. The van der Waals surface area contributed by atoms with E-state index in [4.69, 9.17) is 0 Å². The zero-order valence-corrected chi connectivity index (χ0v) is 36.7. The maximum absolute atomic E-state index is 2.45. The summed E-state index contributed by atoms with van der Waals surface area (Å²) in [6, 6.07) is 87.6. The molecule has 14 rings (SSSR count). The maximum atomic E-state index is 2.45. The average molecular weight is 854 g/mol. The van der Waals surface area contributed by atoms with E-state index in [0.29, 0.717) is 0 Å². The number of aromatic nitrogens is 1. The smallest absolute Gasteiger partial charge is 0.0547 e. The Kier molecular flexibility index (Phi) is 8.22. The monoisotopic (exact) mass is 853 g/mol. The molecular weight excluding hydrogens is 815 g/mol. The van der Waals surface area contributed by atoms with Gasteiger partial charge in [0.05, 0.1) is 11.0 Å². The van der Waals surface area contributed by atoms with Crippen molar-refractivity contribution in [3.8, 4) is 50.2 Å². The molecule has 1 nitrogen and oxygen atoms in total. The van der Waals surface area contributed by atoms with Crippen molar-refractivity contribution in [2.75, 3.05) is 0 Å². The summed E-state index contributed by atoms with van der Waals surface area (Å²) in [6.07, 6.45) is 0. The van der Waals surface area contributed by atoms with E-state index in [-0.39, 0.29) is 0 Å². The number of para-hydroxylation sites is 2. The number of thiophene rings is 1. The molecule has 2 heterocycles. The quantitative estimate of drug-likeness (QED) is 0.152. The molecule has 0 atom stereocenters. The first-order valence-electron chi connectivity index (χ1n) is 22.8. The first-order valence-corrected chi connectivity index (χ1v) is 23.6. The van der Waals surface area contributed by atoms with Gasteiger partial charge in [0.1, 0.15) is 0 Å². The van der Waals surface area contributed by atoms with Crippen molar-refractivity contribution in [3.05, 3.63) is 237 Å². The van der Waals surface area contributed by atoms with Gasteiger partial charge in [-0.15, -0.1) is 11.3 Å². The molecule has 0 saturated heterocycles. The number of rotatable bonds is 5. The Morgan fingerprint density at radius 3 is 1.26 bits per heavy atom. The summed E-state index contributed by atoms with van der Waals surface area (Å²) in [4.78, 5) is 0. The van der Waals surface area contributed by atoms with Gasteiger partial charge in [-0.2, -0.15) is 0 Å². The molecule has 0 fully saturated rings. The van der Waals surface area contributed by atoms with Gasteiger partial charge < -0.3 is 4.57 Å².